The van der Waals surface area contributed by atoms with E-state index < -0.39 is 23.1 Å². The Morgan fingerprint density at radius 2 is 1.89 bits per heavy atom. The van der Waals surface area contributed by atoms with Crippen LogP contribution in [0, 0.1) is 5.41 Å². The Morgan fingerprint density at radius 1 is 1.18 bits per heavy atom. The van der Waals surface area contributed by atoms with E-state index in [4.69, 9.17) is 23.2 Å². The lowest BCUT2D eigenvalue weighted by molar-refractivity contribution is -0.130. The molecule has 28 heavy (non-hydrogen) atoms. The first-order valence-corrected chi connectivity index (χ1v) is 9.50. The summed E-state index contributed by atoms with van der Waals surface area (Å²) in [5.74, 6) is -1.46. The van der Waals surface area contributed by atoms with Gasteiger partial charge in [-0.25, -0.2) is 0 Å². The molecule has 5 nitrogen and oxygen atoms in total. The molecule has 0 saturated carbocycles. The van der Waals surface area contributed by atoms with E-state index in [9.17, 15) is 14.7 Å². The van der Waals surface area contributed by atoms with Crippen molar-refractivity contribution in [1.29, 1.82) is 0 Å². The molecular formula is C21H20Cl2N2O3. The lowest BCUT2D eigenvalue weighted by atomic mass is 9.82. The van der Waals surface area contributed by atoms with Gasteiger partial charge in [-0.15, -0.1) is 0 Å². The van der Waals surface area contributed by atoms with Gasteiger partial charge in [-0.05, 0) is 29.8 Å². The number of rotatable bonds is 4. The Bertz CT molecular complexity index is 965. The normalized spacial score (nSPS) is 17.4. The maximum Gasteiger partial charge on any atom is 0.290 e. The van der Waals surface area contributed by atoms with Crippen molar-refractivity contribution in [2.45, 2.75) is 33.4 Å². The van der Waals surface area contributed by atoms with Crippen molar-refractivity contribution in [3.63, 3.8) is 0 Å². The Morgan fingerprint density at radius 3 is 2.46 bits per heavy atom. The summed E-state index contributed by atoms with van der Waals surface area (Å²) < 4.78 is 0. The van der Waals surface area contributed by atoms with E-state index in [1.165, 1.54) is 4.90 Å². The maximum absolute atomic E-state index is 13.1. The minimum absolute atomic E-state index is 0.0619. The van der Waals surface area contributed by atoms with Crippen LogP contribution in [0.4, 0.5) is 0 Å². The van der Waals surface area contributed by atoms with Gasteiger partial charge in [0.1, 0.15) is 0 Å². The highest BCUT2D eigenvalue weighted by Crippen LogP contribution is 2.42. The fourth-order valence-electron chi connectivity index (χ4n) is 3.15. The second kappa shape index (κ2) is 7.57. The predicted molar refractivity (Wildman–Crippen MR) is 108 cm³/mol. The Labute approximate surface area is 173 Å². The fraction of sp³-hybridized carbons (Fsp3) is 0.286. The lowest BCUT2D eigenvalue weighted by Gasteiger charge is -2.28. The highest BCUT2D eigenvalue weighted by Gasteiger charge is 2.46. The molecule has 1 aliphatic rings. The van der Waals surface area contributed by atoms with E-state index in [2.05, 4.69) is 4.98 Å². The van der Waals surface area contributed by atoms with E-state index in [1.807, 2.05) is 6.07 Å². The highest BCUT2D eigenvalue weighted by molar-refractivity contribution is 6.42. The van der Waals surface area contributed by atoms with Crippen LogP contribution in [0.1, 0.15) is 38.1 Å². The van der Waals surface area contributed by atoms with Crippen molar-refractivity contribution < 1.29 is 14.7 Å². The van der Waals surface area contributed by atoms with Crippen molar-refractivity contribution in [3.8, 4) is 0 Å². The summed E-state index contributed by atoms with van der Waals surface area (Å²) in [6.07, 6.45) is 1.62. The smallest absolute Gasteiger partial charge is 0.290 e. The largest absolute Gasteiger partial charge is 0.503 e. The lowest BCUT2D eigenvalue weighted by Crippen LogP contribution is -2.32. The zero-order chi connectivity index (χ0) is 20.6. The fourth-order valence-corrected chi connectivity index (χ4v) is 3.45. The molecule has 1 N–H and O–H groups in total. The van der Waals surface area contributed by atoms with Gasteiger partial charge in [-0.3, -0.25) is 14.6 Å². The second-order valence-corrected chi connectivity index (χ2v) is 8.49. The summed E-state index contributed by atoms with van der Waals surface area (Å²) in [5.41, 5.74) is 0.513. The number of carbonyl (C=O) groups excluding carboxylic acids is 2. The molecule has 7 heteroatoms. The molecule has 1 aromatic carbocycles. The Kier molecular flexibility index (Phi) is 5.50. The number of aliphatic hydroxyl groups excluding tert-OH is 1. The quantitative estimate of drug-likeness (QED) is 0.766. The van der Waals surface area contributed by atoms with Crippen LogP contribution < -0.4 is 0 Å². The molecule has 0 saturated heterocycles. The van der Waals surface area contributed by atoms with Crippen LogP contribution in [0.25, 0.3) is 0 Å². The number of aromatic nitrogens is 1. The maximum atomic E-state index is 13.1. The Balaban J connectivity index is 2.13. The molecule has 1 aliphatic heterocycles. The number of nitrogens with zero attached hydrogens (tertiary/aromatic N) is 2. The molecule has 1 atom stereocenters. The van der Waals surface area contributed by atoms with Crippen molar-refractivity contribution in [2.24, 2.45) is 5.41 Å². The first-order chi connectivity index (χ1) is 13.1. The number of benzene rings is 1. The predicted octanol–water partition coefficient (Wildman–Crippen LogP) is 4.90. The summed E-state index contributed by atoms with van der Waals surface area (Å²) in [4.78, 5) is 31.6. The second-order valence-electron chi connectivity index (χ2n) is 7.67. The summed E-state index contributed by atoms with van der Waals surface area (Å²) in [5, 5.41) is 11.3. The summed E-state index contributed by atoms with van der Waals surface area (Å²) in [6.45, 7) is 5.36. The molecule has 2 heterocycles. The van der Waals surface area contributed by atoms with Crippen LogP contribution in [0.5, 0.6) is 0 Å². The van der Waals surface area contributed by atoms with Crippen molar-refractivity contribution in [2.75, 3.05) is 0 Å². The van der Waals surface area contributed by atoms with Gasteiger partial charge in [0.05, 0.1) is 33.9 Å². The molecule has 0 aliphatic carbocycles. The molecule has 2 aromatic rings. The van der Waals surface area contributed by atoms with Crippen LogP contribution in [-0.2, 0) is 16.1 Å². The van der Waals surface area contributed by atoms with Gasteiger partial charge in [0, 0.05) is 11.6 Å². The average molecular weight is 419 g/mol. The Hall–Kier alpha value is -2.37. The van der Waals surface area contributed by atoms with Crippen LogP contribution in [0.3, 0.4) is 0 Å². The molecule has 1 unspecified atom stereocenters. The van der Waals surface area contributed by atoms with E-state index in [0.29, 0.717) is 21.3 Å². The monoisotopic (exact) mass is 418 g/mol. The molecule has 0 radical (unpaired) electrons. The van der Waals surface area contributed by atoms with Gasteiger partial charge >= 0.3 is 0 Å². The molecule has 1 aromatic heterocycles. The molecular weight excluding hydrogens is 399 g/mol. The number of hydrogen-bond acceptors (Lipinski definition) is 4. The van der Waals surface area contributed by atoms with Gasteiger partial charge in [0.15, 0.2) is 11.5 Å². The average Bonchev–Trinajstić information content (AvgIpc) is 2.88. The highest BCUT2D eigenvalue weighted by atomic mass is 35.5. The topological polar surface area (TPSA) is 70.5 Å². The van der Waals surface area contributed by atoms with Gasteiger partial charge < -0.3 is 10.0 Å². The zero-order valence-electron chi connectivity index (χ0n) is 15.7. The van der Waals surface area contributed by atoms with Gasteiger partial charge in [0.2, 0.25) is 0 Å². The summed E-state index contributed by atoms with van der Waals surface area (Å²) in [6, 6.07) is 9.50. The minimum atomic E-state index is -0.781. The molecule has 0 bridgehead atoms. The van der Waals surface area contributed by atoms with Crippen LogP contribution >= 0.6 is 23.2 Å². The molecule has 0 spiro atoms. The van der Waals surface area contributed by atoms with E-state index in [-0.39, 0.29) is 17.9 Å². The molecule has 146 valence electrons. The SMILES string of the molecule is CC(C)(C)C(=O)C1=C(O)C(=O)N(Cc2ccccn2)C1c1ccc(Cl)c(Cl)c1. The standard InChI is InChI=1S/C21H20Cl2N2O3/c1-21(2,3)19(27)16-17(12-7-8-14(22)15(23)10-12)25(20(28)18(16)26)11-13-6-4-5-9-24-13/h4-10,17,26H,11H2,1-3H3. The van der Waals surface area contributed by atoms with Gasteiger partial charge in [-0.1, -0.05) is 56.1 Å². The molecule has 3 rings (SSSR count). The molecule has 1 amide bonds. The van der Waals surface area contributed by atoms with E-state index >= 15 is 0 Å². The van der Waals surface area contributed by atoms with Crippen LogP contribution in [0.15, 0.2) is 53.9 Å². The van der Waals surface area contributed by atoms with E-state index in [1.54, 1.807) is 57.3 Å². The van der Waals surface area contributed by atoms with Crippen LogP contribution in [-0.4, -0.2) is 26.7 Å². The van der Waals surface area contributed by atoms with Gasteiger partial charge in [0.25, 0.3) is 5.91 Å². The first kappa shape index (κ1) is 20.4. The zero-order valence-corrected chi connectivity index (χ0v) is 17.3. The van der Waals surface area contributed by atoms with Crippen molar-refractivity contribution in [3.05, 3.63) is 75.2 Å². The summed E-state index contributed by atoms with van der Waals surface area (Å²) in [7, 11) is 0. The number of Topliss-reactive ketones (excluding diaryl/α,β-unsaturated/α-hetero) is 1. The van der Waals surface area contributed by atoms with Crippen LogP contribution in [0.2, 0.25) is 10.0 Å². The minimum Gasteiger partial charge on any atom is -0.503 e. The number of pyridine rings is 1. The first-order valence-electron chi connectivity index (χ1n) is 8.75. The third kappa shape index (κ3) is 3.77. The van der Waals surface area contributed by atoms with Crippen molar-refractivity contribution >= 4 is 34.9 Å². The number of ketones is 1. The third-order valence-electron chi connectivity index (χ3n) is 4.55. The van der Waals surface area contributed by atoms with Gasteiger partial charge in [-0.2, -0.15) is 0 Å². The summed E-state index contributed by atoms with van der Waals surface area (Å²) >= 11 is 12.2. The number of aliphatic hydroxyl groups is 1. The van der Waals surface area contributed by atoms with E-state index in [0.717, 1.165) is 0 Å². The number of halogens is 2. The molecule has 0 fully saturated rings. The number of hydrogen-bond donors (Lipinski definition) is 1. The third-order valence-corrected chi connectivity index (χ3v) is 5.29. The number of carbonyl (C=O) groups is 2. The van der Waals surface area contributed by atoms with Crippen molar-refractivity contribution in [1.82, 2.24) is 9.88 Å². The number of amides is 1.